The molecule has 0 atom stereocenters. The zero-order valence-electron chi connectivity index (χ0n) is 10.2. The van der Waals surface area contributed by atoms with Crippen molar-refractivity contribution in [1.82, 2.24) is 9.88 Å². The molecule has 1 aliphatic heterocycles. The highest BCUT2D eigenvalue weighted by Gasteiger charge is 2.28. The van der Waals surface area contributed by atoms with Crippen LogP contribution in [0.4, 0.5) is 0 Å². The van der Waals surface area contributed by atoms with Gasteiger partial charge < -0.3 is 9.88 Å². The average molecular weight is 214 g/mol. The minimum absolute atomic E-state index is 0.217. The minimum atomic E-state index is 0.217. The third-order valence-electron chi connectivity index (χ3n) is 3.70. The molecule has 1 aromatic carbocycles. The minimum Gasteiger partial charge on any atom is -0.347 e. The first-order chi connectivity index (χ1) is 7.58. The number of hydrogen-bond donors (Lipinski definition) is 1. The van der Waals surface area contributed by atoms with Crippen molar-refractivity contribution in [3.63, 3.8) is 0 Å². The van der Waals surface area contributed by atoms with Gasteiger partial charge in [-0.2, -0.15) is 0 Å². The van der Waals surface area contributed by atoms with Gasteiger partial charge in [0.25, 0.3) is 0 Å². The molecular weight excluding hydrogens is 196 g/mol. The quantitative estimate of drug-likeness (QED) is 0.713. The Kier molecular flexibility index (Phi) is 1.93. The van der Waals surface area contributed by atoms with E-state index >= 15 is 0 Å². The van der Waals surface area contributed by atoms with E-state index in [1.165, 1.54) is 22.2 Å². The Hall–Kier alpha value is -1.28. The SMILES string of the molecule is Cn1c2c(c3ccccc31)CNC(C)(C)C2. The second kappa shape index (κ2) is 3.11. The Balaban J connectivity index is 2.28. The smallest absolute Gasteiger partial charge is 0.0483 e. The van der Waals surface area contributed by atoms with E-state index in [-0.39, 0.29) is 5.54 Å². The molecule has 0 saturated heterocycles. The van der Waals surface area contributed by atoms with Crippen molar-refractivity contribution in [3.8, 4) is 0 Å². The Labute approximate surface area is 96.3 Å². The lowest BCUT2D eigenvalue weighted by Gasteiger charge is -2.32. The molecule has 3 rings (SSSR count). The van der Waals surface area contributed by atoms with Gasteiger partial charge in [0.1, 0.15) is 0 Å². The van der Waals surface area contributed by atoms with Crippen LogP contribution in [-0.2, 0) is 20.0 Å². The van der Waals surface area contributed by atoms with E-state index in [0.717, 1.165) is 13.0 Å². The average Bonchev–Trinajstić information content (AvgIpc) is 2.52. The number of rotatable bonds is 0. The Morgan fingerprint density at radius 2 is 2.00 bits per heavy atom. The van der Waals surface area contributed by atoms with Crippen LogP contribution in [0.2, 0.25) is 0 Å². The number of aromatic nitrogens is 1. The normalized spacial score (nSPS) is 18.7. The Morgan fingerprint density at radius 3 is 2.81 bits per heavy atom. The number of aryl methyl sites for hydroxylation is 1. The molecule has 0 saturated carbocycles. The Bertz CT molecular complexity index is 549. The van der Waals surface area contributed by atoms with Crippen LogP contribution in [-0.4, -0.2) is 10.1 Å². The lowest BCUT2D eigenvalue weighted by atomic mass is 9.91. The molecular formula is C14H18N2. The molecule has 1 aliphatic rings. The summed E-state index contributed by atoms with van der Waals surface area (Å²) in [4.78, 5) is 0. The molecule has 0 fully saturated rings. The molecule has 0 aliphatic carbocycles. The number of hydrogen-bond acceptors (Lipinski definition) is 1. The third kappa shape index (κ3) is 1.30. The lowest BCUT2D eigenvalue weighted by Crippen LogP contribution is -2.44. The van der Waals surface area contributed by atoms with Crippen LogP contribution in [0.1, 0.15) is 25.1 Å². The zero-order valence-corrected chi connectivity index (χ0v) is 10.2. The van der Waals surface area contributed by atoms with Crippen molar-refractivity contribution in [3.05, 3.63) is 35.5 Å². The number of fused-ring (bicyclic) bond motifs is 3. The van der Waals surface area contributed by atoms with Crippen LogP contribution in [0.25, 0.3) is 10.9 Å². The van der Waals surface area contributed by atoms with Crippen molar-refractivity contribution in [2.24, 2.45) is 7.05 Å². The molecule has 1 aromatic heterocycles. The van der Waals surface area contributed by atoms with Crippen LogP contribution in [0.15, 0.2) is 24.3 Å². The summed E-state index contributed by atoms with van der Waals surface area (Å²) in [5.41, 5.74) is 4.55. The molecule has 0 amide bonds. The molecule has 2 heteroatoms. The summed E-state index contributed by atoms with van der Waals surface area (Å²) in [6.45, 7) is 5.53. The van der Waals surface area contributed by atoms with Crippen molar-refractivity contribution in [2.45, 2.75) is 32.4 Å². The molecule has 2 nitrogen and oxygen atoms in total. The van der Waals surface area contributed by atoms with Crippen molar-refractivity contribution in [1.29, 1.82) is 0 Å². The van der Waals surface area contributed by atoms with Gasteiger partial charge in [0.15, 0.2) is 0 Å². The summed E-state index contributed by atoms with van der Waals surface area (Å²) in [7, 11) is 2.18. The van der Waals surface area contributed by atoms with E-state index in [1.54, 1.807) is 0 Å². The molecule has 2 heterocycles. The second-order valence-corrected chi connectivity index (χ2v) is 5.42. The van der Waals surface area contributed by atoms with Crippen LogP contribution in [0.3, 0.4) is 0 Å². The molecule has 2 aromatic rings. The first-order valence-corrected chi connectivity index (χ1v) is 5.89. The van der Waals surface area contributed by atoms with Gasteiger partial charge in [0, 0.05) is 42.1 Å². The lowest BCUT2D eigenvalue weighted by molar-refractivity contribution is 0.356. The summed E-state index contributed by atoms with van der Waals surface area (Å²) in [5.74, 6) is 0. The molecule has 0 spiro atoms. The fourth-order valence-electron chi connectivity index (χ4n) is 2.76. The third-order valence-corrected chi connectivity index (χ3v) is 3.70. The summed E-state index contributed by atoms with van der Waals surface area (Å²) in [6, 6.07) is 8.68. The standard InChI is InChI=1S/C14H18N2/c1-14(2)8-13-11(9-15-14)10-6-4-5-7-12(10)16(13)3/h4-7,15H,8-9H2,1-3H3. The summed E-state index contributed by atoms with van der Waals surface area (Å²) in [5, 5.41) is 5.01. The summed E-state index contributed by atoms with van der Waals surface area (Å²) in [6.07, 6.45) is 1.10. The molecule has 0 bridgehead atoms. The fourth-order valence-corrected chi connectivity index (χ4v) is 2.76. The molecule has 16 heavy (non-hydrogen) atoms. The van der Waals surface area contributed by atoms with Gasteiger partial charge in [0.05, 0.1) is 0 Å². The Morgan fingerprint density at radius 1 is 1.25 bits per heavy atom. The summed E-state index contributed by atoms with van der Waals surface area (Å²) < 4.78 is 2.35. The fraction of sp³-hybridized carbons (Fsp3) is 0.429. The van der Waals surface area contributed by atoms with Gasteiger partial charge in [-0.3, -0.25) is 0 Å². The predicted octanol–water partition coefficient (Wildman–Crippen LogP) is 2.60. The highest BCUT2D eigenvalue weighted by Crippen LogP contribution is 2.31. The maximum Gasteiger partial charge on any atom is 0.0483 e. The van der Waals surface area contributed by atoms with Gasteiger partial charge in [-0.15, -0.1) is 0 Å². The van der Waals surface area contributed by atoms with Crippen molar-refractivity contribution < 1.29 is 0 Å². The highest BCUT2D eigenvalue weighted by molar-refractivity contribution is 5.85. The van der Waals surface area contributed by atoms with Gasteiger partial charge >= 0.3 is 0 Å². The van der Waals surface area contributed by atoms with Crippen molar-refractivity contribution >= 4 is 10.9 Å². The van der Waals surface area contributed by atoms with Crippen LogP contribution in [0.5, 0.6) is 0 Å². The maximum absolute atomic E-state index is 3.61. The van der Waals surface area contributed by atoms with Crippen molar-refractivity contribution in [2.75, 3.05) is 0 Å². The van der Waals surface area contributed by atoms with Gasteiger partial charge in [0.2, 0.25) is 0 Å². The summed E-state index contributed by atoms with van der Waals surface area (Å²) >= 11 is 0. The van der Waals surface area contributed by atoms with Gasteiger partial charge in [-0.05, 0) is 25.5 Å². The number of nitrogens with one attached hydrogen (secondary N) is 1. The van der Waals surface area contributed by atoms with E-state index in [1.807, 2.05) is 0 Å². The van der Waals surface area contributed by atoms with Crippen LogP contribution >= 0.6 is 0 Å². The second-order valence-electron chi connectivity index (χ2n) is 5.42. The van der Waals surface area contributed by atoms with Crippen LogP contribution in [0, 0.1) is 0 Å². The molecule has 1 N–H and O–H groups in total. The van der Waals surface area contributed by atoms with E-state index < -0.39 is 0 Å². The van der Waals surface area contributed by atoms with Gasteiger partial charge in [-0.25, -0.2) is 0 Å². The first kappa shape index (κ1) is 9.91. The van der Waals surface area contributed by atoms with Crippen LogP contribution < -0.4 is 5.32 Å². The van der Waals surface area contributed by atoms with E-state index in [2.05, 4.69) is 55.0 Å². The van der Waals surface area contributed by atoms with Gasteiger partial charge in [-0.1, -0.05) is 18.2 Å². The zero-order chi connectivity index (χ0) is 11.3. The topological polar surface area (TPSA) is 17.0 Å². The number of nitrogens with zero attached hydrogens (tertiary/aromatic N) is 1. The molecule has 0 unspecified atom stereocenters. The maximum atomic E-state index is 3.61. The first-order valence-electron chi connectivity index (χ1n) is 5.89. The van der Waals surface area contributed by atoms with E-state index in [4.69, 9.17) is 0 Å². The van der Waals surface area contributed by atoms with E-state index in [0.29, 0.717) is 0 Å². The number of benzene rings is 1. The highest BCUT2D eigenvalue weighted by atomic mass is 15.0. The number of para-hydroxylation sites is 1. The van der Waals surface area contributed by atoms with E-state index in [9.17, 15) is 0 Å². The molecule has 0 radical (unpaired) electrons. The monoisotopic (exact) mass is 214 g/mol. The predicted molar refractivity (Wildman–Crippen MR) is 67.5 cm³/mol. The largest absolute Gasteiger partial charge is 0.347 e. The molecule has 84 valence electrons.